The molecular formula is C28H30F3N5O4. The molecule has 0 bridgehead atoms. The number of nitrogens with zero attached hydrogens (tertiary/aromatic N) is 4. The van der Waals surface area contributed by atoms with Crippen molar-refractivity contribution in [2.24, 2.45) is 10.4 Å². The minimum Gasteiger partial charge on any atom is -0.406 e. The van der Waals surface area contributed by atoms with Crippen molar-refractivity contribution in [2.75, 3.05) is 19.1 Å². The van der Waals surface area contributed by atoms with Gasteiger partial charge in [-0.3, -0.25) is 19.8 Å². The normalized spacial score (nSPS) is 12.1. The molecule has 0 aliphatic carbocycles. The monoisotopic (exact) mass is 557 g/mol. The van der Waals surface area contributed by atoms with Crippen molar-refractivity contribution in [3.8, 4) is 5.75 Å². The number of carbonyl (C=O) groups excluding carboxylic acids is 2. The Labute approximate surface area is 229 Å². The van der Waals surface area contributed by atoms with Gasteiger partial charge in [0.2, 0.25) is 12.3 Å². The van der Waals surface area contributed by atoms with E-state index in [1.54, 1.807) is 52.3 Å². The molecule has 40 heavy (non-hydrogen) atoms. The van der Waals surface area contributed by atoms with Crippen LogP contribution in [0.25, 0.3) is 0 Å². The molecule has 0 radical (unpaired) electrons. The summed E-state index contributed by atoms with van der Waals surface area (Å²) >= 11 is 0. The molecule has 212 valence electrons. The van der Waals surface area contributed by atoms with Gasteiger partial charge < -0.3 is 14.2 Å². The molecule has 1 heterocycles. The first-order valence-electron chi connectivity index (χ1n) is 12.1. The summed E-state index contributed by atoms with van der Waals surface area (Å²) in [5.74, 6) is -0.460. The Balaban J connectivity index is 2.02. The van der Waals surface area contributed by atoms with Crippen molar-refractivity contribution in [2.45, 2.75) is 33.7 Å². The molecule has 0 fully saturated rings. The standard InChI is InChI=1S/C28H30F3N5O4/c1-19-9-6-7-10-22(19)24(33-36(18-37)20-12-14-21(15-13-20)40-28(29,30)31)32-23-11-8-16-35(25(23)38)17-27(2,3)26(39)34(4)5/h6-16,18H,17H2,1-5H3,(H,32,33). The fourth-order valence-electron chi connectivity index (χ4n) is 4.01. The van der Waals surface area contributed by atoms with E-state index < -0.39 is 23.1 Å². The number of halogens is 3. The van der Waals surface area contributed by atoms with Gasteiger partial charge in [0, 0.05) is 32.4 Å². The molecule has 0 aliphatic rings. The fraction of sp³-hybridized carbons (Fsp3) is 0.286. The fourth-order valence-corrected chi connectivity index (χ4v) is 4.01. The molecule has 0 saturated heterocycles. The van der Waals surface area contributed by atoms with E-state index in [4.69, 9.17) is 0 Å². The van der Waals surface area contributed by atoms with Gasteiger partial charge in [-0.25, -0.2) is 10.0 Å². The number of alkyl halides is 3. The minimum absolute atomic E-state index is 0.0427. The molecule has 3 rings (SSSR count). The van der Waals surface area contributed by atoms with Gasteiger partial charge in [0.05, 0.1) is 11.1 Å². The molecule has 0 aliphatic heterocycles. The molecule has 1 aromatic heterocycles. The Morgan fingerprint density at radius 1 is 1.05 bits per heavy atom. The molecule has 0 unspecified atom stereocenters. The molecular weight excluding hydrogens is 527 g/mol. The van der Waals surface area contributed by atoms with E-state index in [9.17, 15) is 27.6 Å². The molecule has 2 aromatic carbocycles. The SMILES string of the molecule is Cc1ccccc1C(=Nc1cccn(CC(C)(C)C(=O)N(C)C)c1=O)NN(C=O)c1ccc(OC(F)(F)F)cc1. The third kappa shape index (κ3) is 7.49. The lowest BCUT2D eigenvalue weighted by Gasteiger charge is -2.27. The molecule has 12 heteroatoms. The van der Waals surface area contributed by atoms with E-state index in [-0.39, 0.29) is 29.7 Å². The Morgan fingerprint density at radius 2 is 1.70 bits per heavy atom. The highest BCUT2D eigenvalue weighted by Crippen LogP contribution is 2.25. The average molecular weight is 558 g/mol. The summed E-state index contributed by atoms with van der Waals surface area (Å²) in [6, 6.07) is 14.9. The van der Waals surface area contributed by atoms with Crippen LogP contribution in [0.15, 0.2) is 76.6 Å². The third-order valence-electron chi connectivity index (χ3n) is 5.86. The number of hydrazine groups is 1. The van der Waals surface area contributed by atoms with Crippen LogP contribution in [-0.2, 0) is 16.1 Å². The highest BCUT2D eigenvalue weighted by Gasteiger charge is 2.31. The largest absolute Gasteiger partial charge is 0.573 e. The van der Waals surface area contributed by atoms with Crippen LogP contribution in [0.2, 0.25) is 0 Å². The quantitative estimate of drug-likeness (QED) is 0.182. The number of amides is 2. The number of hydrogen-bond acceptors (Lipinski definition) is 5. The number of aromatic nitrogens is 1. The minimum atomic E-state index is -4.85. The molecule has 3 aromatic rings. The van der Waals surface area contributed by atoms with Crippen molar-refractivity contribution in [3.63, 3.8) is 0 Å². The molecule has 1 N–H and O–H groups in total. The number of aliphatic imine (C=N–C) groups is 1. The lowest BCUT2D eigenvalue weighted by molar-refractivity contribution is -0.274. The van der Waals surface area contributed by atoms with Gasteiger partial charge in [0.25, 0.3) is 5.56 Å². The topological polar surface area (TPSA) is 96.2 Å². The van der Waals surface area contributed by atoms with Crippen LogP contribution < -0.4 is 20.7 Å². The summed E-state index contributed by atoms with van der Waals surface area (Å²) in [6.07, 6.45) is -2.87. The van der Waals surface area contributed by atoms with Crippen LogP contribution in [0.5, 0.6) is 5.75 Å². The first-order valence-corrected chi connectivity index (χ1v) is 12.1. The number of aryl methyl sites for hydroxylation is 1. The molecule has 0 atom stereocenters. The van der Waals surface area contributed by atoms with Crippen LogP contribution in [-0.4, -0.2) is 48.1 Å². The van der Waals surface area contributed by atoms with Crippen molar-refractivity contribution >= 4 is 29.5 Å². The maximum absolute atomic E-state index is 13.4. The number of carbonyl (C=O) groups is 2. The van der Waals surface area contributed by atoms with Crippen LogP contribution in [0, 0.1) is 12.3 Å². The van der Waals surface area contributed by atoms with E-state index in [0.717, 1.165) is 22.7 Å². The van der Waals surface area contributed by atoms with Crippen LogP contribution in [0.4, 0.5) is 24.5 Å². The van der Waals surface area contributed by atoms with Crippen molar-refractivity contribution in [1.29, 1.82) is 0 Å². The second kappa shape index (κ2) is 12.1. The summed E-state index contributed by atoms with van der Waals surface area (Å²) in [7, 11) is 3.28. The molecule has 2 amide bonds. The van der Waals surface area contributed by atoms with E-state index in [1.165, 1.54) is 27.7 Å². The Bertz CT molecular complexity index is 1450. The van der Waals surface area contributed by atoms with Gasteiger partial charge in [-0.05, 0) is 62.7 Å². The predicted octanol–water partition coefficient (Wildman–Crippen LogP) is 4.42. The first kappa shape index (κ1) is 29.9. The van der Waals surface area contributed by atoms with Gasteiger partial charge >= 0.3 is 6.36 Å². The zero-order chi connectivity index (χ0) is 29.7. The number of ether oxygens (including phenoxy) is 1. The second-order valence-electron chi connectivity index (χ2n) is 9.81. The highest BCUT2D eigenvalue weighted by atomic mass is 19.4. The summed E-state index contributed by atoms with van der Waals surface area (Å²) in [6.45, 7) is 5.40. The molecule has 9 nitrogen and oxygen atoms in total. The Morgan fingerprint density at radius 3 is 2.27 bits per heavy atom. The Kier molecular flexibility index (Phi) is 9.02. The smallest absolute Gasteiger partial charge is 0.406 e. The number of anilines is 1. The van der Waals surface area contributed by atoms with Crippen LogP contribution in [0.3, 0.4) is 0 Å². The van der Waals surface area contributed by atoms with E-state index in [2.05, 4.69) is 15.2 Å². The van der Waals surface area contributed by atoms with Gasteiger partial charge in [-0.2, -0.15) is 0 Å². The number of pyridine rings is 1. The number of hydrogen-bond donors (Lipinski definition) is 1. The summed E-state index contributed by atoms with van der Waals surface area (Å²) in [4.78, 5) is 44.0. The first-order chi connectivity index (χ1) is 18.7. The highest BCUT2D eigenvalue weighted by molar-refractivity contribution is 6.03. The zero-order valence-corrected chi connectivity index (χ0v) is 22.7. The number of rotatable bonds is 9. The van der Waals surface area contributed by atoms with Crippen LogP contribution >= 0.6 is 0 Å². The lowest BCUT2D eigenvalue weighted by Crippen LogP contribution is -2.42. The lowest BCUT2D eigenvalue weighted by atomic mass is 9.91. The second-order valence-corrected chi connectivity index (χ2v) is 9.81. The van der Waals surface area contributed by atoms with Crippen molar-refractivity contribution in [1.82, 2.24) is 14.9 Å². The van der Waals surface area contributed by atoms with Crippen molar-refractivity contribution < 1.29 is 27.5 Å². The van der Waals surface area contributed by atoms with Crippen LogP contribution in [0.1, 0.15) is 25.0 Å². The maximum Gasteiger partial charge on any atom is 0.573 e. The number of benzene rings is 2. The average Bonchev–Trinajstić information content (AvgIpc) is 2.88. The zero-order valence-electron chi connectivity index (χ0n) is 22.7. The maximum atomic E-state index is 13.4. The van der Waals surface area contributed by atoms with E-state index in [0.29, 0.717) is 12.0 Å². The number of nitrogens with one attached hydrogen (secondary N) is 1. The summed E-state index contributed by atoms with van der Waals surface area (Å²) in [5, 5.41) is 1.02. The van der Waals surface area contributed by atoms with Gasteiger partial charge in [0.1, 0.15) is 11.4 Å². The Hall–Kier alpha value is -4.61. The number of amidine groups is 1. The predicted molar refractivity (Wildman–Crippen MR) is 145 cm³/mol. The van der Waals surface area contributed by atoms with Crippen molar-refractivity contribution in [3.05, 3.63) is 88.3 Å². The van der Waals surface area contributed by atoms with E-state index in [1.807, 2.05) is 19.1 Å². The molecule has 0 spiro atoms. The van der Waals surface area contributed by atoms with E-state index >= 15 is 0 Å². The van der Waals surface area contributed by atoms with Gasteiger partial charge in [-0.1, -0.05) is 24.3 Å². The van der Waals surface area contributed by atoms with Gasteiger partial charge in [0.15, 0.2) is 5.84 Å². The third-order valence-corrected chi connectivity index (χ3v) is 5.86. The van der Waals surface area contributed by atoms with Gasteiger partial charge in [-0.15, -0.1) is 13.2 Å². The summed E-state index contributed by atoms with van der Waals surface area (Å²) in [5.41, 5.74) is 3.13. The molecule has 0 saturated carbocycles. The summed E-state index contributed by atoms with van der Waals surface area (Å²) < 4.78 is 42.9.